The normalized spacial score (nSPS) is 14.2. The van der Waals surface area contributed by atoms with Gasteiger partial charge in [0, 0.05) is 35.4 Å². The Kier molecular flexibility index (Phi) is 5.13. The highest BCUT2D eigenvalue weighted by Gasteiger charge is 2.15. The molecule has 0 amide bonds. The van der Waals surface area contributed by atoms with Crippen molar-refractivity contribution in [1.82, 2.24) is 15.0 Å². The fraction of sp³-hybridized carbons (Fsp3) is 0.261. The van der Waals surface area contributed by atoms with Gasteiger partial charge in [-0.05, 0) is 49.4 Å². The second-order valence-electron chi connectivity index (χ2n) is 7.32. The highest BCUT2D eigenvalue weighted by Crippen LogP contribution is 2.32. The van der Waals surface area contributed by atoms with Crippen molar-refractivity contribution in [3.05, 3.63) is 54.4 Å². The van der Waals surface area contributed by atoms with E-state index < -0.39 is 0 Å². The third kappa shape index (κ3) is 3.77. The standard InChI is InChI=1S/C23H23N5O3/c1-2-31-23(29)15-3-8-19-18(13-15)20-21(24-14-25-22(20)27-19)26-16-4-6-17(7-5-16)28-9-11-30-12-10-28/h3-8,13-14H,2,9-12H2,1H3,(H2,24,25,26,27). The molecule has 1 fully saturated rings. The van der Waals surface area contributed by atoms with Gasteiger partial charge in [-0.2, -0.15) is 0 Å². The van der Waals surface area contributed by atoms with E-state index in [0.29, 0.717) is 23.6 Å². The molecule has 8 heteroatoms. The molecule has 2 aromatic carbocycles. The number of ether oxygens (including phenoxy) is 2. The van der Waals surface area contributed by atoms with Crippen molar-refractivity contribution in [3.63, 3.8) is 0 Å². The summed E-state index contributed by atoms with van der Waals surface area (Å²) in [6.45, 7) is 5.44. The van der Waals surface area contributed by atoms with E-state index in [-0.39, 0.29) is 5.97 Å². The maximum Gasteiger partial charge on any atom is 0.338 e. The number of H-pyrrole nitrogens is 1. The molecule has 158 valence electrons. The van der Waals surface area contributed by atoms with Crippen molar-refractivity contribution < 1.29 is 14.3 Å². The SMILES string of the molecule is CCOC(=O)c1ccc2[nH]c3ncnc(Nc4ccc(N5CCOCC5)cc4)c3c2c1. The van der Waals surface area contributed by atoms with Crippen LogP contribution in [0.3, 0.4) is 0 Å². The topological polar surface area (TPSA) is 92.4 Å². The summed E-state index contributed by atoms with van der Waals surface area (Å²) in [7, 11) is 0. The summed E-state index contributed by atoms with van der Waals surface area (Å²) in [5.74, 6) is 0.334. The van der Waals surface area contributed by atoms with E-state index in [1.807, 2.05) is 24.3 Å². The molecule has 0 saturated carbocycles. The Bertz CT molecular complexity index is 1230. The van der Waals surface area contributed by atoms with Crippen LogP contribution >= 0.6 is 0 Å². The number of carbonyl (C=O) groups excluding carboxylic acids is 1. The predicted molar refractivity (Wildman–Crippen MR) is 120 cm³/mol. The average Bonchev–Trinajstić information content (AvgIpc) is 3.19. The first kappa shape index (κ1) is 19.3. The van der Waals surface area contributed by atoms with E-state index in [4.69, 9.17) is 9.47 Å². The molecule has 1 aliphatic heterocycles. The van der Waals surface area contributed by atoms with Gasteiger partial charge in [0.25, 0.3) is 0 Å². The van der Waals surface area contributed by atoms with Crippen LogP contribution in [0.1, 0.15) is 17.3 Å². The molecule has 0 unspecified atom stereocenters. The summed E-state index contributed by atoms with van der Waals surface area (Å²) >= 11 is 0. The van der Waals surface area contributed by atoms with Crippen LogP contribution in [0.5, 0.6) is 0 Å². The van der Waals surface area contributed by atoms with Gasteiger partial charge in [0.05, 0.1) is 30.8 Å². The van der Waals surface area contributed by atoms with Crippen LogP contribution in [-0.2, 0) is 9.47 Å². The second kappa shape index (κ2) is 8.23. The predicted octanol–water partition coefficient (Wildman–Crippen LogP) is 3.87. The number of esters is 1. The number of aromatic nitrogens is 3. The number of carbonyl (C=O) groups is 1. The Hall–Kier alpha value is -3.65. The van der Waals surface area contributed by atoms with Crippen LogP contribution < -0.4 is 10.2 Å². The van der Waals surface area contributed by atoms with Gasteiger partial charge in [-0.15, -0.1) is 0 Å². The molecule has 31 heavy (non-hydrogen) atoms. The molecule has 0 radical (unpaired) electrons. The lowest BCUT2D eigenvalue weighted by Gasteiger charge is -2.28. The largest absolute Gasteiger partial charge is 0.462 e. The quantitative estimate of drug-likeness (QED) is 0.476. The maximum absolute atomic E-state index is 12.2. The van der Waals surface area contributed by atoms with Crippen LogP contribution in [0.15, 0.2) is 48.8 Å². The monoisotopic (exact) mass is 417 g/mol. The van der Waals surface area contributed by atoms with Crippen molar-refractivity contribution in [2.75, 3.05) is 43.1 Å². The van der Waals surface area contributed by atoms with Crippen LogP contribution in [0.4, 0.5) is 17.2 Å². The van der Waals surface area contributed by atoms with E-state index in [1.54, 1.807) is 13.0 Å². The zero-order valence-electron chi connectivity index (χ0n) is 17.2. The van der Waals surface area contributed by atoms with E-state index >= 15 is 0 Å². The summed E-state index contributed by atoms with van der Waals surface area (Å²) in [5.41, 5.74) is 4.19. The maximum atomic E-state index is 12.2. The lowest BCUT2D eigenvalue weighted by Crippen LogP contribution is -2.36. The molecule has 1 saturated heterocycles. The zero-order valence-corrected chi connectivity index (χ0v) is 17.2. The Labute approximate surface area is 179 Å². The molecule has 1 aliphatic rings. The molecule has 4 aromatic rings. The number of benzene rings is 2. The number of rotatable bonds is 5. The van der Waals surface area contributed by atoms with Crippen molar-refractivity contribution in [2.45, 2.75) is 6.92 Å². The van der Waals surface area contributed by atoms with Crippen LogP contribution in [0.25, 0.3) is 21.9 Å². The zero-order chi connectivity index (χ0) is 21.2. The number of aromatic amines is 1. The number of nitrogens with zero attached hydrogens (tertiary/aromatic N) is 3. The third-order valence-corrected chi connectivity index (χ3v) is 5.41. The van der Waals surface area contributed by atoms with Crippen LogP contribution in [-0.4, -0.2) is 53.8 Å². The Balaban J connectivity index is 1.48. The number of hydrogen-bond acceptors (Lipinski definition) is 7. The number of morpholine rings is 1. The van der Waals surface area contributed by atoms with Crippen molar-refractivity contribution in [3.8, 4) is 0 Å². The summed E-state index contributed by atoms with van der Waals surface area (Å²) in [6.07, 6.45) is 1.52. The van der Waals surface area contributed by atoms with Gasteiger partial charge in [-0.3, -0.25) is 0 Å². The van der Waals surface area contributed by atoms with Gasteiger partial charge in [-0.1, -0.05) is 0 Å². The Morgan fingerprint density at radius 2 is 1.97 bits per heavy atom. The van der Waals surface area contributed by atoms with Crippen LogP contribution in [0.2, 0.25) is 0 Å². The van der Waals surface area contributed by atoms with Gasteiger partial charge in [0.15, 0.2) is 0 Å². The smallest absolute Gasteiger partial charge is 0.338 e. The Morgan fingerprint density at radius 3 is 2.74 bits per heavy atom. The molecule has 0 atom stereocenters. The van der Waals surface area contributed by atoms with Crippen LogP contribution in [0, 0.1) is 0 Å². The number of anilines is 3. The summed E-state index contributed by atoms with van der Waals surface area (Å²) in [6, 6.07) is 13.7. The van der Waals surface area contributed by atoms with Crippen molar-refractivity contribution in [2.24, 2.45) is 0 Å². The molecule has 5 rings (SSSR count). The molecule has 0 aliphatic carbocycles. The lowest BCUT2D eigenvalue weighted by molar-refractivity contribution is 0.0526. The summed E-state index contributed by atoms with van der Waals surface area (Å²) < 4.78 is 10.6. The van der Waals surface area contributed by atoms with Gasteiger partial charge >= 0.3 is 5.97 Å². The highest BCUT2D eigenvalue weighted by molar-refractivity contribution is 6.13. The van der Waals surface area contributed by atoms with Gasteiger partial charge in [0.2, 0.25) is 0 Å². The van der Waals surface area contributed by atoms with E-state index in [9.17, 15) is 4.79 Å². The van der Waals surface area contributed by atoms with Gasteiger partial charge < -0.3 is 24.7 Å². The molecule has 2 N–H and O–H groups in total. The lowest BCUT2D eigenvalue weighted by atomic mass is 10.1. The van der Waals surface area contributed by atoms with E-state index in [2.05, 4.69) is 37.3 Å². The molecule has 2 aromatic heterocycles. The minimum atomic E-state index is -0.344. The number of nitrogens with one attached hydrogen (secondary N) is 2. The van der Waals surface area contributed by atoms with E-state index in [0.717, 1.165) is 48.3 Å². The van der Waals surface area contributed by atoms with Gasteiger partial charge in [-0.25, -0.2) is 14.8 Å². The number of fused-ring (bicyclic) bond motifs is 3. The molecular weight excluding hydrogens is 394 g/mol. The molecule has 0 bridgehead atoms. The summed E-state index contributed by atoms with van der Waals surface area (Å²) in [4.78, 5) is 26.6. The van der Waals surface area contributed by atoms with Crippen molar-refractivity contribution >= 4 is 45.1 Å². The molecule has 3 heterocycles. The molecule has 0 spiro atoms. The minimum Gasteiger partial charge on any atom is -0.462 e. The fourth-order valence-corrected chi connectivity index (χ4v) is 3.87. The van der Waals surface area contributed by atoms with Gasteiger partial charge in [0.1, 0.15) is 17.8 Å². The first-order valence-corrected chi connectivity index (χ1v) is 10.4. The minimum absolute atomic E-state index is 0.334. The number of hydrogen-bond donors (Lipinski definition) is 2. The fourth-order valence-electron chi connectivity index (χ4n) is 3.87. The second-order valence-corrected chi connectivity index (χ2v) is 7.32. The first-order valence-electron chi connectivity index (χ1n) is 10.4. The Morgan fingerprint density at radius 1 is 1.16 bits per heavy atom. The summed E-state index contributed by atoms with van der Waals surface area (Å²) in [5, 5.41) is 5.10. The molecule has 8 nitrogen and oxygen atoms in total. The van der Waals surface area contributed by atoms with E-state index in [1.165, 1.54) is 12.0 Å². The highest BCUT2D eigenvalue weighted by atomic mass is 16.5. The average molecular weight is 417 g/mol. The third-order valence-electron chi connectivity index (χ3n) is 5.41. The first-order chi connectivity index (χ1) is 15.2. The van der Waals surface area contributed by atoms with Crippen molar-refractivity contribution in [1.29, 1.82) is 0 Å². The molecular formula is C23H23N5O3.